The van der Waals surface area contributed by atoms with E-state index >= 15 is 0 Å². The number of amides is 1. The van der Waals surface area contributed by atoms with Crippen molar-refractivity contribution in [2.24, 2.45) is 0 Å². The van der Waals surface area contributed by atoms with E-state index in [9.17, 15) is 9.90 Å². The summed E-state index contributed by atoms with van der Waals surface area (Å²) in [6.07, 6.45) is 4.19. The van der Waals surface area contributed by atoms with Gasteiger partial charge < -0.3 is 15.2 Å². The summed E-state index contributed by atoms with van der Waals surface area (Å²) in [4.78, 5) is 11.6. The van der Waals surface area contributed by atoms with Gasteiger partial charge in [-0.05, 0) is 23.1 Å². The lowest BCUT2D eigenvalue weighted by atomic mass is 10.1. The van der Waals surface area contributed by atoms with Gasteiger partial charge in [0.25, 0.3) is 0 Å². The second-order valence-electron chi connectivity index (χ2n) is 5.04. The SMILES string of the molecule is O=C(NCCC=Cc1ccccc1CO)OCc1ccccc1. The molecule has 0 saturated carbocycles. The third-order valence-corrected chi connectivity index (χ3v) is 3.32. The molecule has 120 valence electrons. The Morgan fingerprint density at radius 1 is 1.09 bits per heavy atom. The third-order valence-electron chi connectivity index (χ3n) is 3.32. The second kappa shape index (κ2) is 9.43. The van der Waals surface area contributed by atoms with Gasteiger partial charge in [0.05, 0.1) is 6.61 Å². The number of hydrogen-bond donors (Lipinski definition) is 2. The minimum atomic E-state index is -0.419. The molecule has 0 atom stereocenters. The van der Waals surface area contributed by atoms with E-state index < -0.39 is 6.09 Å². The molecule has 2 aromatic carbocycles. The highest BCUT2D eigenvalue weighted by atomic mass is 16.5. The Bertz CT molecular complexity index is 638. The van der Waals surface area contributed by atoms with Gasteiger partial charge in [-0.15, -0.1) is 0 Å². The molecule has 0 saturated heterocycles. The molecule has 0 spiro atoms. The molecule has 23 heavy (non-hydrogen) atoms. The molecule has 1 amide bonds. The Kier molecular flexibility index (Phi) is 6.88. The Balaban J connectivity index is 1.66. The first-order valence-electron chi connectivity index (χ1n) is 7.59. The van der Waals surface area contributed by atoms with Crippen molar-refractivity contribution in [1.82, 2.24) is 5.32 Å². The quantitative estimate of drug-likeness (QED) is 0.769. The Labute approximate surface area is 136 Å². The standard InChI is InChI=1S/C19H21NO3/c21-14-18-12-5-4-10-17(18)11-6-7-13-20-19(22)23-15-16-8-2-1-3-9-16/h1-6,8-12,21H,7,13-15H2,(H,20,22). The molecule has 4 heteroatoms. The molecular formula is C19H21NO3. The normalized spacial score (nSPS) is 10.7. The van der Waals surface area contributed by atoms with Gasteiger partial charge in [-0.1, -0.05) is 66.7 Å². The maximum atomic E-state index is 11.6. The fourth-order valence-corrected chi connectivity index (χ4v) is 2.08. The molecule has 2 rings (SSSR count). The molecule has 0 fully saturated rings. The van der Waals surface area contributed by atoms with E-state index in [0.717, 1.165) is 16.7 Å². The predicted molar refractivity (Wildman–Crippen MR) is 90.6 cm³/mol. The number of ether oxygens (including phenoxy) is 1. The van der Waals surface area contributed by atoms with E-state index in [-0.39, 0.29) is 13.2 Å². The largest absolute Gasteiger partial charge is 0.445 e. The molecule has 2 N–H and O–H groups in total. The van der Waals surface area contributed by atoms with Gasteiger partial charge >= 0.3 is 6.09 Å². The Hall–Kier alpha value is -2.59. The lowest BCUT2D eigenvalue weighted by Crippen LogP contribution is -2.24. The first kappa shape index (κ1) is 16.8. The fourth-order valence-electron chi connectivity index (χ4n) is 2.08. The predicted octanol–water partition coefficient (Wildman–Crippen LogP) is 3.51. The molecule has 0 aliphatic carbocycles. The molecule has 0 aliphatic rings. The number of aliphatic hydroxyl groups excluding tert-OH is 1. The van der Waals surface area contributed by atoms with Crippen LogP contribution in [0.3, 0.4) is 0 Å². The van der Waals surface area contributed by atoms with E-state index in [4.69, 9.17) is 4.74 Å². The van der Waals surface area contributed by atoms with Gasteiger partial charge in [-0.25, -0.2) is 4.79 Å². The molecule has 0 radical (unpaired) electrons. The molecule has 0 aliphatic heterocycles. The summed E-state index contributed by atoms with van der Waals surface area (Å²) in [7, 11) is 0. The van der Waals surface area contributed by atoms with Crippen molar-refractivity contribution < 1.29 is 14.6 Å². The van der Waals surface area contributed by atoms with Crippen molar-refractivity contribution in [1.29, 1.82) is 0 Å². The van der Waals surface area contributed by atoms with Crippen LogP contribution in [0.1, 0.15) is 23.1 Å². The van der Waals surface area contributed by atoms with Crippen molar-refractivity contribution in [3.05, 3.63) is 77.4 Å². The number of carbonyl (C=O) groups is 1. The summed E-state index contributed by atoms with van der Waals surface area (Å²) < 4.78 is 5.12. The van der Waals surface area contributed by atoms with Gasteiger partial charge in [-0.2, -0.15) is 0 Å². The third kappa shape index (κ3) is 5.96. The van der Waals surface area contributed by atoms with Crippen molar-refractivity contribution in [3.8, 4) is 0 Å². The van der Waals surface area contributed by atoms with Crippen LogP contribution in [0.25, 0.3) is 6.08 Å². The molecule has 0 heterocycles. The molecule has 2 aromatic rings. The summed E-state index contributed by atoms with van der Waals surface area (Å²) in [5.74, 6) is 0. The lowest BCUT2D eigenvalue weighted by Gasteiger charge is -2.06. The highest BCUT2D eigenvalue weighted by molar-refractivity contribution is 5.67. The van der Waals surface area contributed by atoms with Crippen LogP contribution < -0.4 is 5.32 Å². The van der Waals surface area contributed by atoms with Gasteiger partial charge in [0.15, 0.2) is 0 Å². The van der Waals surface area contributed by atoms with Crippen molar-refractivity contribution in [2.45, 2.75) is 19.6 Å². The minimum Gasteiger partial charge on any atom is -0.445 e. The van der Waals surface area contributed by atoms with Crippen LogP contribution in [0, 0.1) is 0 Å². The zero-order valence-electron chi connectivity index (χ0n) is 12.9. The van der Waals surface area contributed by atoms with E-state index in [2.05, 4.69) is 5.32 Å². The Morgan fingerprint density at radius 2 is 1.83 bits per heavy atom. The molecule has 0 unspecified atom stereocenters. The van der Waals surface area contributed by atoms with Gasteiger partial charge in [0, 0.05) is 6.54 Å². The fraction of sp³-hybridized carbons (Fsp3) is 0.211. The topological polar surface area (TPSA) is 58.6 Å². The first-order valence-corrected chi connectivity index (χ1v) is 7.59. The zero-order valence-corrected chi connectivity index (χ0v) is 12.9. The summed E-state index contributed by atoms with van der Waals surface area (Å²) in [5, 5.41) is 11.9. The number of benzene rings is 2. The summed E-state index contributed by atoms with van der Waals surface area (Å²) >= 11 is 0. The molecule has 0 aromatic heterocycles. The van der Waals surface area contributed by atoms with Crippen molar-refractivity contribution >= 4 is 12.2 Å². The van der Waals surface area contributed by atoms with Crippen LogP contribution in [0.5, 0.6) is 0 Å². The summed E-state index contributed by atoms with van der Waals surface area (Å²) in [5.41, 5.74) is 2.84. The number of nitrogens with one attached hydrogen (secondary N) is 1. The number of alkyl carbamates (subject to hydrolysis) is 1. The molecular weight excluding hydrogens is 290 g/mol. The number of hydrogen-bond acceptors (Lipinski definition) is 3. The minimum absolute atomic E-state index is 0.0184. The smallest absolute Gasteiger partial charge is 0.407 e. The van der Waals surface area contributed by atoms with E-state index in [1.165, 1.54) is 0 Å². The van der Waals surface area contributed by atoms with Crippen molar-refractivity contribution in [2.75, 3.05) is 6.54 Å². The van der Waals surface area contributed by atoms with Crippen LogP contribution in [0.15, 0.2) is 60.7 Å². The average molecular weight is 311 g/mol. The highest BCUT2D eigenvalue weighted by Crippen LogP contribution is 2.10. The number of carbonyl (C=O) groups excluding carboxylic acids is 1. The first-order chi connectivity index (χ1) is 11.3. The van der Waals surface area contributed by atoms with Crippen LogP contribution in [-0.2, 0) is 18.0 Å². The average Bonchev–Trinajstić information content (AvgIpc) is 2.61. The van der Waals surface area contributed by atoms with Crippen LogP contribution in [0.2, 0.25) is 0 Å². The van der Waals surface area contributed by atoms with Gasteiger partial charge in [0.1, 0.15) is 6.61 Å². The molecule has 0 bridgehead atoms. The van der Waals surface area contributed by atoms with Gasteiger partial charge in [0.2, 0.25) is 0 Å². The van der Waals surface area contributed by atoms with Gasteiger partial charge in [-0.3, -0.25) is 0 Å². The van der Waals surface area contributed by atoms with Crippen LogP contribution in [-0.4, -0.2) is 17.7 Å². The molecule has 4 nitrogen and oxygen atoms in total. The van der Waals surface area contributed by atoms with Crippen LogP contribution in [0.4, 0.5) is 4.79 Å². The second-order valence-corrected chi connectivity index (χ2v) is 5.04. The number of aliphatic hydroxyl groups is 1. The van der Waals surface area contributed by atoms with E-state index in [1.807, 2.05) is 66.7 Å². The maximum absolute atomic E-state index is 11.6. The highest BCUT2D eigenvalue weighted by Gasteiger charge is 2.01. The monoisotopic (exact) mass is 311 g/mol. The number of rotatable bonds is 7. The summed E-state index contributed by atoms with van der Waals surface area (Å²) in [6.45, 7) is 0.794. The van der Waals surface area contributed by atoms with E-state index in [0.29, 0.717) is 13.0 Å². The van der Waals surface area contributed by atoms with Crippen LogP contribution >= 0.6 is 0 Å². The van der Waals surface area contributed by atoms with Crippen molar-refractivity contribution in [3.63, 3.8) is 0 Å². The zero-order chi connectivity index (χ0) is 16.3. The summed E-state index contributed by atoms with van der Waals surface area (Å²) in [6, 6.07) is 17.2. The Morgan fingerprint density at radius 3 is 2.61 bits per heavy atom. The lowest BCUT2D eigenvalue weighted by molar-refractivity contribution is 0.140. The maximum Gasteiger partial charge on any atom is 0.407 e. The van der Waals surface area contributed by atoms with E-state index in [1.54, 1.807) is 0 Å².